The zero-order valence-electron chi connectivity index (χ0n) is 17.9. The van der Waals surface area contributed by atoms with Crippen LogP contribution in [0.25, 0.3) is 0 Å². The highest BCUT2D eigenvalue weighted by Crippen LogP contribution is 2.26. The number of ether oxygens (including phenoxy) is 3. The molecule has 1 unspecified atom stereocenters. The lowest BCUT2D eigenvalue weighted by Gasteiger charge is -2.43. The minimum absolute atomic E-state index is 0.173. The van der Waals surface area contributed by atoms with Gasteiger partial charge in [-0.1, -0.05) is 6.07 Å². The molecule has 4 rings (SSSR count). The Labute approximate surface area is 185 Å². The minimum Gasteiger partial charge on any atom is -0.497 e. The Morgan fingerprint density at radius 1 is 1.03 bits per heavy atom. The summed E-state index contributed by atoms with van der Waals surface area (Å²) in [6.45, 7) is 1.91. The van der Waals surface area contributed by atoms with Crippen LogP contribution < -0.4 is 10.1 Å². The highest BCUT2D eigenvalue weighted by molar-refractivity contribution is 5.94. The van der Waals surface area contributed by atoms with Gasteiger partial charge in [-0.2, -0.15) is 0 Å². The highest BCUT2D eigenvalue weighted by Gasteiger charge is 2.43. The molecule has 2 fully saturated rings. The second kappa shape index (κ2) is 9.54. The number of anilines is 1. The number of rotatable bonds is 3. The fourth-order valence-electron chi connectivity index (χ4n) is 3.89. The molecule has 1 spiro atoms. The Bertz CT molecular complexity index is 970. The maximum Gasteiger partial charge on any atom is 0.322 e. The first kappa shape index (κ1) is 22.0. The van der Waals surface area contributed by atoms with Gasteiger partial charge in [0.25, 0.3) is 5.91 Å². The fraction of sp³-hybridized carbons (Fsp3) is 0.391. The minimum atomic E-state index is -1.11. The van der Waals surface area contributed by atoms with Crippen LogP contribution in [0.5, 0.6) is 5.75 Å². The first-order valence-corrected chi connectivity index (χ1v) is 10.5. The standard InChI is InChI=1S/C23H26FN3O5/c1-30-20-5-2-4-19(14-20)25-22(29)27-11-13-32-23(16-27)15-26(10-3-12-31-23)21(28)17-6-8-18(24)9-7-17/h2,4-9,14H,3,10-13,15-16H2,1H3,(H,25,29). The third-order valence-electron chi connectivity index (χ3n) is 5.51. The molecule has 2 saturated heterocycles. The van der Waals surface area contributed by atoms with Crippen LogP contribution in [0.4, 0.5) is 14.9 Å². The summed E-state index contributed by atoms with van der Waals surface area (Å²) in [6.07, 6.45) is 0.633. The molecule has 32 heavy (non-hydrogen) atoms. The molecule has 0 saturated carbocycles. The highest BCUT2D eigenvalue weighted by atomic mass is 19.1. The molecule has 2 aromatic rings. The maximum atomic E-state index is 13.2. The number of halogens is 1. The summed E-state index contributed by atoms with van der Waals surface area (Å²) in [5.41, 5.74) is 1.01. The quantitative estimate of drug-likeness (QED) is 0.789. The zero-order valence-corrected chi connectivity index (χ0v) is 17.9. The summed E-state index contributed by atoms with van der Waals surface area (Å²) in [5.74, 6) is -1.10. The molecule has 8 nitrogen and oxygen atoms in total. The van der Waals surface area contributed by atoms with E-state index >= 15 is 0 Å². The van der Waals surface area contributed by atoms with Gasteiger partial charge in [-0.15, -0.1) is 0 Å². The maximum absolute atomic E-state index is 13.2. The van der Waals surface area contributed by atoms with E-state index in [2.05, 4.69) is 5.32 Å². The van der Waals surface area contributed by atoms with E-state index in [4.69, 9.17) is 14.2 Å². The van der Waals surface area contributed by atoms with Gasteiger partial charge >= 0.3 is 6.03 Å². The van der Waals surface area contributed by atoms with Crippen molar-refractivity contribution in [2.75, 3.05) is 51.8 Å². The third-order valence-corrected chi connectivity index (χ3v) is 5.51. The molecule has 2 aliphatic heterocycles. The molecule has 0 aliphatic carbocycles. The predicted octanol–water partition coefficient (Wildman–Crippen LogP) is 2.96. The molecule has 9 heteroatoms. The normalized spacial score (nSPS) is 21.2. The van der Waals surface area contributed by atoms with Gasteiger partial charge in [-0.05, 0) is 42.8 Å². The average Bonchev–Trinajstić information content (AvgIpc) is 3.01. The van der Waals surface area contributed by atoms with Crippen molar-refractivity contribution in [3.8, 4) is 5.75 Å². The molecule has 0 aromatic heterocycles. The number of methoxy groups -OCH3 is 1. The number of benzene rings is 2. The summed E-state index contributed by atoms with van der Waals surface area (Å²) < 4.78 is 30.4. The van der Waals surface area contributed by atoms with Crippen LogP contribution in [0.3, 0.4) is 0 Å². The Balaban J connectivity index is 1.46. The summed E-state index contributed by atoms with van der Waals surface area (Å²) in [7, 11) is 1.56. The second-order valence-electron chi connectivity index (χ2n) is 7.78. The van der Waals surface area contributed by atoms with Crippen molar-refractivity contribution in [1.29, 1.82) is 0 Å². The van der Waals surface area contributed by atoms with Crippen LogP contribution in [0, 0.1) is 5.82 Å². The molecule has 0 radical (unpaired) electrons. The van der Waals surface area contributed by atoms with Crippen molar-refractivity contribution >= 4 is 17.6 Å². The summed E-state index contributed by atoms with van der Waals surface area (Å²) >= 11 is 0. The molecule has 1 N–H and O–H groups in total. The van der Waals surface area contributed by atoms with Crippen molar-refractivity contribution in [3.05, 3.63) is 59.9 Å². The monoisotopic (exact) mass is 443 g/mol. The van der Waals surface area contributed by atoms with Gasteiger partial charge in [-0.3, -0.25) is 4.79 Å². The molecular weight excluding hydrogens is 417 g/mol. The number of amides is 3. The van der Waals surface area contributed by atoms with E-state index in [-0.39, 0.29) is 31.6 Å². The smallest absolute Gasteiger partial charge is 0.322 e. The van der Waals surface area contributed by atoms with Gasteiger partial charge in [0.1, 0.15) is 11.6 Å². The molecule has 0 bridgehead atoms. The van der Waals surface area contributed by atoms with E-state index in [1.807, 2.05) is 0 Å². The summed E-state index contributed by atoms with van der Waals surface area (Å²) in [4.78, 5) is 29.2. The SMILES string of the molecule is COc1cccc(NC(=O)N2CCOC3(C2)CN(C(=O)c2ccc(F)cc2)CCCO3)c1. The van der Waals surface area contributed by atoms with Crippen LogP contribution in [0.1, 0.15) is 16.8 Å². The Hall–Kier alpha value is -3.17. The lowest BCUT2D eigenvalue weighted by atomic mass is 10.1. The van der Waals surface area contributed by atoms with Crippen LogP contribution >= 0.6 is 0 Å². The number of carbonyl (C=O) groups is 2. The number of urea groups is 1. The number of morpholine rings is 1. The average molecular weight is 443 g/mol. The first-order chi connectivity index (χ1) is 15.5. The predicted molar refractivity (Wildman–Crippen MR) is 115 cm³/mol. The Kier molecular flexibility index (Phi) is 6.57. The number of nitrogens with zero attached hydrogens (tertiary/aromatic N) is 2. The summed E-state index contributed by atoms with van der Waals surface area (Å²) in [6, 6.07) is 12.3. The lowest BCUT2D eigenvalue weighted by molar-refractivity contribution is -0.258. The van der Waals surface area contributed by atoms with Crippen molar-refractivity contribution in [3.63, 3.8) is 0 Å². The number of hydrogen-bond donors (Lipinski definition) is 1. The van der Waals surface area contributed by atoms with E-state index in [1.54, 1.807) is 41.2 Å². The number of hydrogen-bond acceptors (Lipinski definition) is 5. The molecule has 170 valence electrons. The van der Waals surface area contributed by atoms with Gasteiger partial charge in [0.15, 0.2) is 0 Å². The van der Waals surface area contributed by atoms with E-state index in [9.17, 15) is 14.0 Å². The van der Waals surface area contributed by atoms with E-state index in [1.165, 1.54) is 24.3 Å². The molecule has 2 aromatic carbocycles. The second-order valence-corrected chi connectivity index (χ2v) is 7.78. The van der Waals surface area contributed by atoms with E-state index < -0.39 is 11.6 Å². The van der Waals surface area contributed by atoms with Gasteiger partial charge < -0.3 is 29.3 Å². The summed E-state index contributed by atoms with van der Waals surface area (Å²) in [5, 5.41) is 2.87. The van der Waals surface area contributed by atoms with Gasteiger partial charge in [0.2, 0.25) is 5.79 Å². The van der Waals surface area contributed by atoms with Crippen LogP contribution in [0.2, 0.25) is 0 Å². The lowest BCUT2D eigenvalue weighted by Crippen LogP contribution is -2.60. The van der Waals surface area contributed by atoms with Crippen molar-refractivity contribution in [2.45, 2.75) is 12.2 Å². The van der Waals surface area contributed by atoms with Crippen molar-refractivity contribution in [1.82, 2.24) is 9.80 Å². The van der Waals surface area contributed by atoms with Crippen LogP contribution in [-0.4, -0.2) is 74.0 Å². The Morgan fingerprint density at radius 2 is 1.78 bits per heavy atom. The van der Waals surface area contributed by atoms with Crippen LogP contribution in [-0.2, 0) is 9.47 Å². The van der Waals surface area contributed by atoms with Crippen LogP contribution in [0.15, 0.2) is 48.5 Å². The fourth-order valence-corrected chi connectivity index (χ4v) is 3.89. The number of nitrogens with one attached hydrogen (secondary N) is 1. The molecule has 1 atom stereocenters. The largest absolute Gasteiger partial charge is 0.497 e. The van der Waals surface area contributed by atoms with Gasteiger partial charge in [-0.25, -0.2) is 9.18 Å². The zero-order chi connectivity index (χ0) is 22.6. The van der Waals surface area contributed by atoms with Crippen molar-refractivity contribution < 1.29 is 28.2 Å². The molecule has 2 aliphatic rings. The number of carbonyl (C=O) groups excluding carboxylic acids is 2. The topological polar surface area (TPSA) is 80.3 Å². The molecule has 2 heterocycles. The molecular formula is C23H26FN3O5. The molecule has 3 amide bonds. The van der Waals surface area contributed by atoms with E-state index in [0.717, 1.165) is 0 Å². The first-order valence-electron chi connectivity index (χ1n) is 10.5. The van der Waals surface area contributed by atoms with Gasteiger partial charge in [0, 0.05) is 30.4 Å². The third kappa shape index (κ3) is 5.00. The van der Waals surface area contributed by atoms with Crippen molar-refractivity contribution in [2.24, 2.45) is 0 Å². The van der Waals surface area contributed by atoms with Gasteiger partial charge in [0.05, 0.1) is 33.4 Å². The Morgan fingerprint density at radius 3 is 2.56 bits per heavy atom. The van der Waals surface area contributed by atoms with E-state index in [0.29, 0.717) is 43.1 Å².